The number of rotatable bonds is 2. The number of oxime groups is 1. The maximum Gasteiger partial charge on any atom is 0.109 e. The zero-order valence-electron chi connectivity index (χ0n) is 10.8. The number of hydrogen-bond donors (Lipinski definition) is 1. The second kappa shape index (κ2) is 4.76. The molecule has 1 aromatic heterocycles. The first-order valence-corrected chi connectivity index (χ1v) is 6.32. The van der Waals surface area contributed by atoms with E-state index in [2.05, 4.69) is 27.3 Å². The maximum absolute atomic E-state index is 9.08. The van der Waals surface area contributed by atoms with Gasteiger partial charge in [0.2, 0.25) is 0 Å². The first-order chi connectivity index (χ1) is 9.29. The lowest BCUT2D eigenvalue weighted by atomic mass is 10.1. The van der Waals surface area contributed by atoms with Gasteiger partial charge >= 0.3 is 0 Å². The predicted molar refractivity (Wildman–Crippen MR) is 73.6 cm³/mol. The van der Waals surface area contributed by atoms with Gasteiger partial charge in [-0.05, 0) is 5.56 Å². The van der Waals surface area contributed by atoms with Crippen LogP contribution in [-0.4, -0.2) is 27.2 Å². The largest absolute Gasteiger partial charge is 0.411 e. The number of anilines is 1. The highest BCUT2D eigenvalue weighted by molar-refractivity contribution is 6.05. The highest BCUT2D eigenvalue weighted by Gasteiger charge is 2.25. The Hall–Kier alpha value is -2.30. The van der Waals surface area contributed by atoms with Crippen molar-refractivity contribution < 1.29 is 5.21 Å². The predicted octanol–water partition coefficient (Wildman–Crippen LogP) is 2.01. The molecule has 0 bridgehead atoms. The van der Waals surface area contributed by atoms with Crippen molar-refractivity contribution >= 4 is 11.4 Å². The fourth-order valence-corrected chi connectivity index (χ4v) is 2.54. The van der Waals surface area contributed by atoms with Crippen molar-refractivity contribution in [1.29, 1.82) is 0 Å². The summed E-state index contributed by atoms with van der Waals surface area (Å²) in [4.78, 5) is 2.27. The number of aromatic nitrogens is 2. The van der Waals surface area contributed by atoms with Gasteiger partial charge in [-0.2, -0.15) is 5.10 Å². The standard InChI is InChI=1S/C14H16N4O/c1-17-14-12(16-19)7-8-18(13(14)9-15-17)10-11-5-3-2-4-6-11/h2-6,9,19H,7-8,10H2,1H3. The summed E-state index contributed by atoms with van der Waals surface area (Å²) in [5, 5.41) is 16.7. The number of nitrogens with zero attached hydrogens (tertiary/aromatic N) is 4. The van der Waals surface area contributed by atoms with E-state index in [4.69, 9.17) is 5.21 Å². The summed E-state index contributed by atoms with van der Waals surface area (Å²) >= 11 is 0. The lowest BCUT2D eigenvalue weighted by Crippen LogP contribution is -2.32. The average molecular weight is 256 g/mol. The van der Waals surface area contributed by atoms with E-state index >= 15 is 0 Å². The fraction of sp³-hybridized carbons (Fsp3) is 0.286. The normalized spacial score (nSPS) is 16.7. The van der Waals surface area contributed by atoms with Crippen LogP contribution in [0.15, 0.2) is 41.7 Å². The van der Waals surface area contributed by atoms with Crippen molar-refractivity contribution in [3.05, 3.63) is 47.8 Å². The first-order valence-electron chi connectivity index (χ1n) is 6.32. The Balaban J connectivity index is 1.93. The van der Waals surface area contributed by atoms with Crippen LogP contribution < -0.4 is 4.90 Å². The van der Waals surface area contributed by atoms with Crippen LogP contribution in [0.5, 0.6) is 0 Å². The van der Waals surface area contributed by atoms with Crippen LogP contribution in [0, 0.1) is 0 Å². The van der Waals surface area contributed by atoms with Crippen LogP contribution >= 0.6 is 0 Å². The zero-order valence-corrected chi connectivity index (χ0v) is 10.8. The highest BCUT2D eigenvalue weighted by atomic mass is 16.4. The molecule has 1 aromatic carbocycles. The molecule has 2 heterocycles. The van der Waals surface area contributed by atoms with Gasteiger partial charge in [0.05, 0.1) is 11.9 Å². The van der Waals surface area contributed by atoms with Crippen molar-refractivity contribution in [3.8, 4) is 0 Å². The molecule has 0 aliphatic carbocycles. The molecule has 0 spiro atoms. The number of aryl methyl sites for hydroxylation is 1. The Labute approximate surface area is 111 Å². The maximum atomic E-state index is 9.08. The van der Waals surface area contributed by atoms with Crippen LogP contribution in [-0.2, 0) is 13.6 Å². The molecule has 0 saturated carbocycles. The monoisotopic (exact) mass is 256 g/mol. The molecule has 1 aliphatic rings. The third-order valence-electron chi connectivity index (χ3n) is 3.49. The summed E-state index contributed by atoms with van der Waals surface area (Å²) in [6.07, 6.45) is 2.57. The van der Waals surface area contributed by atoms with Gasteiger partial charge in [0.15, 0.2) is 0 Å². The van der Waals surface area contributed by atoms with Crippen molar-refractivity contribution in [3.63, 3.8) is 0 Å². The van der Waals surface area contributed by atoms with E-state index < -0.39 is 0 Å². The minimum Gasteiger partial charge on any atom is -0.411 e. The summed E-state index contributed by atoms with van der Waals surface area (Å²) < 4.78 is 1.77. The lowest BCUT2D eigenvalue weighted by Gasteiger charge is -2.29. The number of hydrogen-bond acceptors (Lipinski definition) is 4. The van der Waals surface area contributed by atoms with E-state index in [-0.39, 0.29) is 0 Å². The van der Waals surface area contributed by atoms with E-state index in [9.17, 15) is 0 Å². The molecular weight excluding hydrogens is 240 g/mol. The molecule has 5 nitrogen and oxygen atoms in total. The molecule has 0 unspecified atom stereocenters. The Morgan fingerprint density at radius 2 is 2.11 bits per heavy atom. The molecule has 98 valence electrons. The van der Waals surface area contributed by atoms with Gasteiger partial charge in [0, 0.05) is 26.6 Å². The molecule has 5 heteroatoms. The molecule has 1 aliphatic heterocycles. The first kappa shape index (κ1) is 11.8. The van der Waals surface area contributed by atoms with E-state index in [0.29, 0.717) is 5.71 Å². The second-order valence-electron chi connectivity index (χ2n) is 4.71. The van der Waals surface area contributed by atoms with Gasteiger partial charge in [-0.1, -0.05) is 35.5 Å². The van der Waals surface area contributed by atoms with Crippen molar-refractivity contribution in [2.75, 3.05) is 11.4 Å². The van der Waals surface area contributed by atoms with E-state index in [1.54, 1.807) is 4.68 Å². The van der Waals surface area contributed by atoms with Crippen LogP contribution in [0.4, 0.5) is 5.69 Å². The van der Waals surface area contributed by atoms with Crippen LogP contribution in [0.25, 0.3) is 0 Å². The summed E-state index contributed by atoms with van der Waals surface area (Å²) in [7, 11) is 1.87. The average Bonchev–Trinajstić information content (AvgIpc) is 2.84. The van der Waals surface area contributed by atoms with Crippen molar-refractivity contribution in [2.24, 2.45) is 12.2 Å². The molecule has 0 saturated heterocycles. The molecule has 0 atom stereocenters. The van der Waals surface area contributed by atoms with Gasteiger partial charge in [-0.15, -0.1) is 0 Å². The Bertz CT molecular complexity index is 603. The molecule has 1 N–H and O–H groups in total. The smallest absolute Gasteiger partial charge is 0.109 e. The Kier molecular flexibility index (Phi) is 2.95. The summed E-state index contributed by atoms with van der Waals surface area (Å²) in [5.74, 6) is 0. The van der Waals surface area contributed by atoms with Gasteiger partial charge in [0.1, 0.15) is 11.4 Å². The van der Waals surface area contributed by atoms with Gasteiger partial charge in [-0.25, -0.2) is 0 Å². The van der Waals surface area contributed by atoms with Crippen LogP contribution in [0.1, 0.15) is 17.7 Å². The minimum atomic E-state index is 0.708. The third-order valence-corrected chi connectivity index (χ3v) is 3.49. The number of fused-ring (bicyclic) bond motifs is 1. The second-order valence-corrected chi connectivity index (χ2v) is 4.71. The zero-order chi connectivity index (χ0) is 13.2. The van der Waals surface area contributed by atoms with Gasteiger partial charge in [0.25, 0.3) is 0 Å². The van der Waals surface area contributed by atoms with Gasteiger partial charge < -0.3 is 10.1 Å². The van der Waals surface area contributed by atoms with Crippen molar-refractivity contribution in [1.82, 2.24) is 9.78 Å². The Morgan fingerprint density at radius 1 is 1.32 bits per heavy atom. The molecule has 0 amide bonds. The van der Waals surface area contributed by atoms with E-state index in [1.807, 2.05) is 31.4 Å². The van der Waals surface area contributed by atoms with Crippen LogP contribution in [0.2, 0.25) is 0 Å². The highest BCUT2D eigenvalue weighted by Crippen LogP contribution is 2.28. The molecule has 3 rings (SSSR count). The Morgan fingerprint density at radius 3 is 2.84 bits per heavy atom. The number of benzene rings is 1. The third kappa shape index (κ3) is 2.07. The lowest BCUT2D eigenvalue weighted by molar-refractivity contribution is 0.317. The molecule has 2 aromatic rings. The van der Waals surface area contributed by atoms with E-state index in [1.165, 1.54) is 5.56 Å². The molecule has 19 heavy (non-hydrogen) atoms. The topological polar surface area (TPSA) is 53.6 Å². The summed E-state index contributed by atoms with van der Waals surface area (Å²) in [5.41, 5.74) is 3.91. The molecule has 0 fully saturated rings. The van der Waals surface area contributed by atoms with Crippen molar-refractivity contribution in [2.45, 2.75) is 13.0 Å². The SMILES string of the molecule is Cn1ncc2c1C(=NO)CCN2Cc1ccccc1. The summed E-state index contributed by atoms with van der Waals surface area (Å²) in [6, 6.07) is 10.3. The van der Waals surface area contributed by atoms with Gasteiger partial charge in [-0.3, -0.25) is 4.68 Å². The van der Waals surface area contributed by atoms with Crippen LogP contribution in [0.3, 0.4) is 0 Å². The summed E-state index contributed by atoms with van der Waals surface area (Å²) in [6.45, 7) is 1.69. The minimum absolute atomic E-state index is 0.708. The fourth-order valence-electron chi connectivity index (χ4n) is 2.54. The molecular formula is C14H16N4O. The quantitative estimate of drug-likeness (QED) is 0.660. The van der Waals surface area contributed by atoms with E-state index in [0.717, 1.165) is 30.9 Å². The molecule has 0 radical (unpaired) electrons.